The van der Waals surface area contributed by atoms with Crippen LogP contribution in [0.1, 0.15) is 179 Å². The van der Waals surface area contributed by atoms with Crippen molar-refractivity contribution in [2.75, 3.05) is 0 Å². The second-order valence-corrected chi connectivity index (χ2v) is 24.5. The van der Waals surface area contributed by atoms with E-state index in [0.29, 0.717) is 68.0 Å². The lowest BCUT2D eigenvalue weighted by Gasteiger charge is -2.61. The summed E-state index contributed by atoms with van der Waals surface area (Å²) in [5.74, 6) is 1.54. The topological polar surface area (TPSA) is 168 Å². The molecule has 4 saturated carbocycles. The summed E-state index contributed by atoms with van der Waals surface area (Å²) in [6.07, 6.45) is 19.1. The molecule has 4 aliphatic rings. The quantitative estimate of drug-likeness (QED) is 0.0595. The lowest BCUT2D eigenvalue weighted by Crippen LogP contribution is -2.53. The van der Waals surface area contributed by atoms with Crippen LogP contribution in [0.25, 0.3) is 5.57 Å². The lowest BCUT2D eigenvalue weighted by molar-refractivity contribution is -0.137. The molecule has 9 atom stereocenters. The van der Waals surface area contributed by atoms with Crippen LogP contribution in [0.2, 0.25) is 10.0 Å². The van der Waals surface area contributed by atoms with Crippen LogP contribution < -0.4 is 9.47 Å². The molecule has 0 amide bonds. The third-order valence-corrected chi connectivity index (χ3v) is 19.2. The van der Waals surface area contributed by atoms with Gasteiger partial charge in [-0.1, -0.05) is 132 Å². The lowest BCUT2D eigenvalue weighted by atomic mass is 9.44. The van der Waals surface area contributed by atoms with Crippen LogP contribution in [0.5, 0.6) is 11.5 Å². The molecule has 4 fully saturated rings. The number of ether oxygens (including phenoxy) is 2. The average molecular weight is 1060 g/mol. The first kappa shape index (κ1) is 55.9. The Labute approximate surface area is 453 Å². The van der Waals surface area contributed by atoms with Crippen molar-refractivity contribution in [2.45, 2.75) is 151 Å². The number of rotatable bonds is 22. The van der Waals surface area contributed by atoms with E-state index in [1.807, 2.05) is 0 Å². The maximum Gasteiger partial charge on any atom is 0.339 e. The molecule has 0 bridgehead atoms. The van der Waals surface area contributed by atoms with Gasteiger partial charge in [-0.3, -0.25) is 9.59 Å². The van der Waals surface area contributed by atoms with Crippen LogP contribution in [0.15, 0.2) is 78.9 Å². The van der Waals surface area contributed by atoms with Gasteiger partial charge in [-0.15, -0.1) is 0 Å². The second-order valence-electron chi connectivity index (χ2n) is 23.7. The number of aliphatic carboxylic acids is 2. The van der Waals surface area contributed by atoms with Crippen LogP contribution in [0, 0.1) is 58.2 Å². The van der Waals surface area contributed by atoms with Gasteiger partial charge < -0.3 is 29.9 Å². The van der Waals surface area contributed by atoms with Crippen molar-refractivity contribution in [3.05, 3.63) is 133 Å². The Bertz CT molecular complexity index is 2610. The second kappa shape index (κ2) is 23.9. The van der Waals surface area contributed by atoms with E-state index in [1.165, 1.54) is 82.8 Å². The van der Waals surface area contributed by atoms with Crippen molar-refractivity contribution in [3.8, 4) is 11.5 Å². The fraction of sp³-hybridized carbons (Fsp3) is 0.524. The van der Waals surface area contributed by atoms with E-state index in [4.69, 9.17) is 32.7 Å². The molecule has 0 saturated heterocycles. The number of allylic oxidation sites excluding steroid dienone is 1. The summed E-state index contributed by atoms with van der Waals surface area (Å²) in [6.45, 7) is 12.5. The molecule has 4 aromatic carbocycles. The number of carboxylic acid groups (broad SMARTS) is 4. The van der Waals surface area contributed by atoms with Gasteiger partial charge in [0.05, 0.1) is 22.9 Å². The molecule has 75 heavy (non-hydrogen) atoms. The van der Waals surface area contributed by atoms with Crippen LogP contribution in [-0.4, -0.2) is 44.3 Å². The van der Waals surface area contributed by atoms with Gasteiger partial charge >= 0.3 is 23.9 Å². The van der Waals surface area contributed by atoms with Crippen LogP contribution in [0.3, 0.4) is 0 Å². The van der Waals surface area contributed by atoms with Crippen molar-refractivity contribution in [2.24, 2.45) is 58.2 Å². The number of carbonyl (C=O) groups is 4. The van der Waals surface area contributed by atoms with Gasteiger partial charge in [0.15, 0.2) is 11.5 Å². The molecule has 10 nitrogen and oxygen atoms in total. The summed E-state index contributed by atoms with van der Waals surface area (Å²) in [5.41, 5.74) is 4.52. The third-order valence-electron chi connectivity index (χ3n) is 18.6. The molecule has 0 aromatic heterocycles. The van der Waals surface area contributed by atoms with Crippen LogP contribution >= 0.6 is 23.2 Å². The molecule has 0 aliphatic heterocycles. The van der Waals surface area contributed by atoms with Crippen molar-refractivity contribution in [3.63, 3.8) is 0 Å². The SMILES string of the molecule is CC(C)CCCC(C)[C@H]1CC[C@H]2[C@@H]3CC[C@H]4C[C@@H](CCC=C(c5cc(Cl)c(OCc6ccc(CC(=O)O)cc6)c(C(=O)O)c5)c5cc(Cl)c(OCc6ccc(CC(=O)O)cc6)c(C(=O)O)c5)CC[C@]4(C)[C@H]3CC[C@]12C. The molecule has 4 aliphatic carbocycles. The fourth-order valence-corrected chi connectivity index (χ4v) is 15.3. The minimum absolute atomic E-state index is 0.0257. The Morgan fingerprint density at radius 1 is 0.640 bits per heavy atom. The number of fused-ring (bicyclic) bond motifs is 5. The predicted octanol–water partition coefficient (Wildman–Crippen LogP) is 15.8. The van der Waals surface area contributed by atoms with Crippen molar-refractivity contribution < 1.29 is 49.1 Å². The summed E-state index contributed by atoms with van der Waals surface area (Å²) in [4.78, 5) is 48.4. The Kier molecular flexibility index (Phi) is 17.8. The first-order valence-electron chi connectivity index (χ1n) is 27.4. The van der Waals surface area contributed by atoms with E-state index in [1.54, 1.807) is 60.7 Å². The smallest absolute Gasteiger partial charge is 0.339 e. The minimum atomic E-state index is -1.27. The molecule has 12 heteroatoms. The number of carboxylic acids is 4. The van der Waals surface area contributed by atoms with Crippen LogP contribution in [0.4, 0.5) is 0 Å². The van der Waals surface area contributed by atoms with Gasteiger partial charge in [0.2, 0.25) is 0 Å². The van der Waals surface area contributed by atoms with E-state index < -0.39 is 23.9 Å². The maximum absolute atomic E-state index is 13.0. The van der Waals surface area contributed by atoms with E-state index in [0.717, 1.165) is 48.3 Å². The summed E-state index contributed by atoms with van der Waals surface area (Å²) in [7, 11) is 0. The average Bonchev–Trinajstić information content (AvgIpc) is 3.74. The van der Waals surface area contributed by atoms with Gasteiger partial charge in [0.25, 0.3) is 0 Å². The van der Waals surface area contributed by atoms with E-state index in [2.05, 4.69) is 40.7 Å². The number of hydrogen-bond donors (Lipinski definition) is 4. The maximum atomic E-state index is 13.0. The largest absolute Gasteiger partial charge is 0.486 e. The summed E-state index contributed by atoms with van der Waals surface area (Å²) in [5, 5.41) is 39.7. The molecule has 0 heterocycles. The third kappa shape index (κ3) is 12.8. The highest BCUT2D eigenvalue weighted by atomic mass is 35.5. The highest BCUT2D eigenvalue weighted by Gasteiger charge is 2.60. The Morgan fingerprint density at radius 2 is 1.15 bits per heavy atom. The Balaban J connectivity index is 1.03. The monoisotopic (exact) mass is 1060 g/mol. The Morgan fingerprint density at radius 3 is 1.65 bits per heavy atom. The van der Waals surface area contributed by atoms with Crippen molar-refractivity contribution in [1.29, 1.82) is 0 Å². The zero-order valence-corrected chi connectivity index (χ0v) is 45.9. The normalized spacial score (nSPS) is 25.3. The molecule has 402 valence electrons. The molecule has 4 N–H and O–H groups in total. The summed E-state index contributed by atoms with van der Waals surface area (Å²) >= 11 is 13.9. The predicted molar refractivity (Wildman–Crippen MR) is 294 cm³/mol. The number of halogens is 2. The molecule has 1 unspecified atom stereocenters. The van der Waals surface area contributed by atoms with E-state index in [9.17, 15) is 39.6 Å². The number of hydrogen-bond acceptors (Lipinski definition) is 6. The first-order valence-corrected chi connectivity index (χ1v) is 28.2. The summed E-state index contributed by atoms with van der Waals surface area (Å²) in [6, 6.07) is 19.9. The zero-order chi connectivity index (χ0) is 53.8. The molecule has 0 radical (unpaired) electrons. The molecule has 4 aromatic rings. The molecule has 8 rings (SSSR count). The Hall–Kier alpha value is -5.32. The molecule has 0 spiro atoms. The van der Waals surface area contributed by atoms with Gasteiger partial charge in [-0.25, -0.2) is 9.59 Å². The highest BCUT2D eigenvalue weighted by molar-refractivity contribution is 6.33. The minimum Gasteiger partial charge on any atom is -0.486 e. The van der Waals surface area contributed by atoms with Crippen LogP contribution in [-0.2, 0) is 35.6 Å². The van der Waals surface area contributed by atoms with E-state index >= 15 is 0 Å². The molecular formula is C63H76Cl2O10. The zero-order valence-electron chi connectivity index (χ0n) is 44.3. The first-order chi connectivity index (χ1) is 35.7. The number of aromatic carboxylic acids is 2. The van der Waals surface area contributed by atoms with Gasteiger partial charge in [0, 0.05) is 0 Å². The highest BCUT2D eigenvalue weighted by Crippen LogP contribution is 2.69. The van der Waals surface area contributed by atoms with Gasteiger partial charge in [-0.05, 0) is 192 Å². The van der Waals surface area contributed by atoms with E-state index in [-0.39, 0.29) is 58.7 Å². The van der Waals surface area contributed by atoms with Crippen molar-refractivity contribution >= 4 is 52.7 Å². The summed E-state index contributed by atoms with van der Waals surface area (Å²) < 4.78 is 12.1. The standard InChI is InChI=1S/C63H76Cl2O10/c1-37(2)8-6-9-38(3)51-22-23-52-48-21-20-46-28-39(24-26-62(46,4)53(48)25-27-63(51,52)5)10-7-11-47(44-31-49(60(70)71)58(54(64)33-44)74-35-42-16-12-40(13-17-42)29-56(66)67)45-32-50(61(72)73)59(55(65)34-45)75-36-43-18-14-41(15-19-43)30-57(68)69/h11-19,31-34,37-39,46,48,51-53H,6-10,20-30,35-36H2,1-5H3,(H,66,67)(H,68,69)(H,70,71)(H,72,73)/t38?,39-,46-,48-,51+,52-,53-,62-,63+/m0/s1. The van der Waals surface area contributed by atoms with Crippen molar-refractivity contribution in [1.82, 2.24) is 0 Å². The molecular weight excluding hydrogens is 988 g/mol. The van der Waals surface area contributed by atoms with Gasteiger partial charge in [-0.2, -0.15) is 0 Å². The fourth-order valence-electron chi connectivity index (χ4n) is 14.8. The number of benzene rings is 4. The van der Waals surface area contributed by atoms with Gasteiger partial charge in [0.1, 0.15) is 24.3 Å².